The molecule has 4 aliphatic rings. The highest BCUT2D eigenvalue weighted by atomic mass is 19.3. The third kappa shape index (κ3) is 8.57. The maximum absolute atomic E-state index is 14.3. The van der Waals surface area contributed by atoms with E-state index in [2.05, 4.69) is 36.0 Å². The van der Waals surface area contributed by atoms with Gasteiger partial charge in [-0.15, -0.1) is 0 Å². The van der Waals surface area contributed by atoms with Gasteiger partial charge in [0.2, 0.25) is 17.7 Å². The highest BCUT2D eigenvalue weighted by molar-refractivity contribution is 6.08. The van der Waals surface area contributed by atoms with Crippen molar-refractivity contribution < 1.29 is 32.7 Å². The molecule has 4 amide bonds. The standard InChI is InChI=1S/C43H52F2N12O6/c1-52-37-26(4-2-6-32(37)57(43(52)62)33-11-12-35(58)50-41(33)60)5-3-23-63-29-13-18-54(19-14-29)42(61)27-7-9-28(10-8-27)56-25-31(36(51-56)38(44)45)48-40(59)30-24-47-55-20-15-34(49-39(30)55)53-21-16-46-17-22-53/h2,4,6,15,20,24-25,27-29,33,38,46H,3,5,7-14,16-19,21-23H2,1H3,(H,48,59)(H,50,58,60)/t27-,28-,33?. The molecule has 1 aliphatic carbocycles. The summed E-state index contributed by atoms with van der Waals surface area (Å²) in [6.45, 7) is 4.88. The molecule has 18 nitrogen and oxygen atoms in total. The van der Waals surface area contributed by atoms with Gasteiger partial charge in [0.15, 0.2) is 11.3 Å². The molecule has 3 aliphatic heterocycles. The first-order valence-corrected chi connectivity index (χ1v) is 22.0. The molecule has 63 heavy (non-hydrogen) atoms. The molecule has 7 heterocycles. The Balaban J connectivity index is 0.744. The van der Waals surface area contributed by atoms with E-state index < -0.39 is 30.0 Å². The maximum atomic E-state index is 14.3. The minimum atomic E-state index is -2.91. The van der Waals surface area contributed by atoms with Gasteiger partial charge in [0.05, 0.1) is 35.1 Å². The lowest BCUT2D eigenvalue weighted by atomic mass is 9.85. The highest BCUT2D eigenvalue weighted by Gasteiger charge is 2.35. The van der Waals surface area contributed by atoms with Gasteiger partial charge < -0.3 is 25.2 Å². The number of piperazine rings is 1. The number of hydrogen-bond donors (Lipinski definition) is 3. The molecule has 0 spiro atoms. The van der Waals surface area contributed by atoms with Gasteiger partial charge in [-0.2, -0.15) is 10.2 Å². The van der Waals surface area contributed by atoms with E-state index in [0.717, 1.165) is 56.5 Å². The van der Waals surface area contributed by atoms with Crippen LogP contribution >= 0.6 is 0 Å². The van der Waals surface area contributed by atoms with Crippen LogP contribution in [0.15, 0.2) is 47.7 Å². The number of benzene rings is 1. The van der Waals surface area contributed by atoms with Crippen LogP contribution in [-0.2, 0) is 32.6 Å². The number of nitrogens with zero attached hydrogens (tertiary/aromatic N) is 9. The molecule has 334 valence electrons. The van der Waals surface area contributed by atoms with Crippen LogP contribution in [0.5, 0.6) is 0 Å². The van der Waals surface area contributed by atoms with Gasteiger partial charge in [-0.05, 0) is 75.5 Å². The van der Waals surface area contributed by atoms with Crippen LogP contribution in [-0.4, -0.2) is 114 Å². The summed E-state index contributed by atoms with van der Waals surface area (Å²) in [5.41, 5.74) is 2.02. The number of rotatable bonds is 12. The van der Waals surface area contributed by atoms with E-state index in [0.29, 0.717) is 68.8 Å². The number of carbonyl (C=O) groups is 4. The monoisotopic (exact) mass is 870 g/mol. The molecule has 4 aromatic heterocycles. The van der Waals surface area contributed by atoms with Gasteiger partial charge in [0.25, 0.3) is 12.3 Å². The fraction of sp³-hybridized carbons (Fsp3) is 0.535. The van der Waals surface area contributed by atoms with Crippen LogP contribution in [0.25, 0.3) is 16.7 Å². The number of para-hydroxylation sites is 1. The van der Waals surface area contributed by atoms with Crippen LogP contribution in [0.1, 0.15) is 97.9 Å². The number of hydrogen-bond acceptors (Lipinski definition) is 11. The average molecular weight is 871 g/mol. The van der Waals surface area contributed by atoms with Crippen molar-refractivity contribution >= 4 is 51.8 Å². The van der Waals surface area contributed by atoms with Crippen molar-refractivity contribution in [3.8, 4) is 0 Å². The second kappa shape index (κ2) is 18.0. The minimum absolute atomic E-state index is 0.0241. The lowest BCUT2D eigenvalue weighted by Crippen LogP contribution is -2.44. The zero-order valence-electron chi connectivity index (χ0n) is 35.2. The molecule has 9 rings (SSSR count). The summed E-state index contributed by atoms with van der Waals surface area (Å²) < 4.78 is 40.8. The van der Waals surface area contributed by atoms with E-state index >= 15 is 0 Å². The van der Waals surface area contributed by atoms with Gasteiger partial charge in [0.1, 0.15) is 17.4 Å². The van der Waals surface area contributed by atoms with Crippen LogP contribution in [0.2, 0.25) is 0 Å². The first-order chi connectivity index (χ1) is 30.5. The lowest BCUT2D eigenvalue weighted by molar-refractivity contribution is -0.139. The number of aryl methyl sites for hydroxylation is 2. The van der Waals surface area contributed by atoms with Crippen molar-refractivity contribution in [2.45, 2.75) is 88.8 Å². The fourth-order valence-corrected chi connectivity index (χ4v) is 9.68. The van der Waals surface area contributed by atoms with E-state index in [4.69, 9.17) is 4.74 Å². The number of imide groups is 1. The first-order valence-electron chi connectivity index (χ1n) is 22.0. The van der Waals surface area contributed by atoms with Gasteiger partial charge in [0, 0.05) is 77.7 Å². The summed E-state index contributed by atoms with van der Waals surface area (Å²) in [6, 6.07) is 6.59. The van der Waals surface area contributed by atoms with Gasteiger partial charge in [-0.3, -0.25) is 38.3 Å². The number of ether oxygens (including phenoxy) is 1. The van der Waals surface area contributed by atoms with Crippen molar-refractivity contribution in [2.24, 2.45) is 13.0 Å². The van der Waals surface area contributed by atoms with Crippen LogP contribution in [0.3, 0.4) is 0 Å². The van der Waals surface area contributed by atoms with Crippen molar-refractivity contribution in [3.05, 3.63) is 70.2 Å². The van der Waals surface area contributed by atoms with Crippen molar-refractivity contribution in [3.63, 3.8) is 0 Å². The molecular weight excluding hydrogens is 819 g/mol. The largest absolute Gasteiger partial charge is 0.378 e. The molecular formula is C43H52F2N12O6. The Hall–Kier alpha value is -6.02. The number of alkyl halides is 2. The second-order valence-corrected chi connectivity index (χ2v) is 17.0. The molecule has 5 aromatic rings. The number of aromatic nitrogens is 7. The zero-order chi connectivity index (χ0) is 43.8. The number of carbonyl (C=O) groups excluding carboxylic acids is 4. The molecule has 3 saturated heterocycles. The number of piperidine rings is 2. The predicted molar refractivity (Wildman–Crippen MR) is 227 cm³/mol. The third-order valence-corrected chi connectivity index (χ3v) is 13.1. The molecule has 0 radical (unpaired) electrons. The van der Waals surface area contributed by atoms with Gasteiger partial charge in [-0.1, -0.05) is 12.1 Å². The normalized spacial score (nSPS) is 21.4. The number of likely N-dealkylation sites (tertiary alicyclic amines) is 1. The first kappa shape index (κ1) is 42.3. The summed E-state index contributed by atoms with van der Waals surface area (Å²) in [6.07, 6.45) is 7.36. The van der Waals surface area contributed by atoms with Gasteiger partial charge in [-0.25, -0.2) is 23.1 Å². The van der Waals surface area contributed by atoms with Crippen molar-refractivity contribution in [1.82, 2.24) is 49.0 Å². The molecule has 4 fully saturated rings. The summed E-state index contributed by atoms with van der Waals surface area (Å²) in [7, 11) is 1.70. The van der Waals surface area contributed by atoms with E-state index in [-0.39, 0.29) is 59.7 Å². The molecule has 20 heteroatoms. The third-order valence-electron chi connectivity index (χ3n) is 13.1. The summed E-state index contributed by atoms with van der Waals surface area (Å²) >= 11 is 0. The molecule has 1 aromatic carbocycles. The number of amides is 4. The predicted octanol–water partition coefficient (Wildman–Crippen LogP) is 3.53. The number of anilines is 2. The van der Waals surface area contributed by atoms with E-state index in [1.165, 1.54) is 26.2 Å². The Morgan fingerprint density at radius 2 is 1.76 bits per heavy atom. The van der Waals surface area contributed by atoms with Crippen LogP contribution in [0.4, 0.5) is 20.3 Å². The number of fused-ring (bicyclic) bond motifs is 2. The lowest BCUT2D eigenvalue weighted by Gasteiger charge is -2.36. The summed E-state index contributed by atoms with van der Waals surface area (Å²) in [4.78, 5) is 73.4. The minimum Gasteiger partial charge on any atom is -0.378 e. The van der Waals surface area contributed by atoms with Gasteiger partial charge >= 0.3 is 5.69 Å². The Bertz CT molecular complexity index is 2580. The van der Waals surface area contributed by atoms with Crippen LogP contribution < -0.4 is 26.5 Å². The molecule has 1 atom stereocenters. The van der Waals surface area contributed by atoms with Crippen molar-refractivity contribution in [1.29, 1.82) is 0 Å². The Morgan fingerprint density at radius 3 is 2.51 bits per heavy atom. The highest BCUT2D eigenvalue weighted by Crippen LogP contribution is 2.36. The van der Waals surface area contributed by atoms with Crippen molar-refractivity contribution in [2.75, 3.05) is 56.1 Å². The average Bonchev–Trinajstić information content (AvgIpc) is 4.00. The fourth-order valence-electron chi connectivity index (χ4n) is 9.68. The quantitative estimate of drug-likeness (QED) is 0.123. The molecule has 1 saturated carbocycles. The summed E-state index contributed by atoms with van der Waals surface area (Å²) in [5.74, 6) is -0.747. The molecule has 0 bridgehead atoms. The molecule has 3 N–H and O–H groups in total. The SMILES string of the molecule is Cn1c(=O)n(C2CCC(=O)NC2=O)c2cccc(CCCOC3CCN(C(=O)[C@H]4CC[C@H](n5cc(NC(=O)c6cnn7ccc(N8CCNCC8)nc67)c(C(F)F)n5)CC4)CC3)c21. The number of halogens is 2. The zero-order valence-corrected chi connectivity index (χ0v) is 35.2. The van der Waals surface area contributed by atoms with E-state index in [9.17, 15) is 32.8 Å². The smallest absolute Gasteiger partial charge is 0.329 e. The molecule has 1 unspecified atom stereocenters. The number of imidazole rings is 1. The Morgan fingerprint density at radius 1 is 0.984 bits per heavy atom. The Kier molecular flexibility index (Phi) is 12.1. The second-order valence-electron chi connectivity index (χ2n) is 17.0. The topological polar surface area (TPSA) is 195 Å². The van der Waals surface area contributed by atoms with E-state index in [1.54, 1.807) is 17.8 Å². The van der Waals surface area contributed by atoms with E-state index in [1.807, 2.05) is 29.2 Å². The number of nitrogens with one attached hydrogen (secondary N) is 3. The Labute approximate surface area is 360 Å². The summed E-state index contributed by atoms with van der Waals surface area (Å²) in [5, 5.41) is 16.8. The van der Waals surface area contributed by atoms with Crippen LogP contribution in [0, 0.1) is 5.92 Å². The maximum Gasteiger partial charge on any atom is 0.329 e.